The third kappa shape index (κ3) is 16.6. The van der Waals surface area contributed by atoms with E-state index in [9.17, 15) is 9.59 Å². The number of Topliss-reactive ketones (excluding diaryl/α,β-unsaturated/α-hetero) is 1. The van der Waals surface area contributed by atoms with Crippen LogP contribution in [0.5, 0.6) is 0 Å². The van der Waals surface area contributed by atoms with Crippen LogP contribution in [-0.2, 0) is 42.3 Å². The van der Waals surface area contributed by atoms with Crippen molar-refractivity contribution in [1.82, 2.24) is 5.32 Å². The molecule has 129 valence electrons. The molecule has 0 aromatic carbocycles. The zero-order chi connectivity index (χ0) is 17.3. The second kappa shape index (κ2) is 12.6. The summed E-state index contributed by atoms with van der Waals surface area (Å²) in [5.74, 6) is 0.296. The molecule has 0 aliphatic rings. The molecule has 1 amide bonds. The van der Waals surface area contributed by atoms with Gasteiger partial charge >= 0.3 is 0 Å². The summed E-state index contributed by atoms with van der Waals surface area (Å²) in [4.78, 5) is 22.3. The molecule has 4 heteroatoms. The standard InChI is InChI=1S/C12H23O.C6H12NO.Y/c1-9(8-11(2,3)4)10(13)12(5,6)7;1-3-5-6(8)7-4-2;/h9H,1,8H2,2-7H3;1,3-5H2,2H3,(H,7,8);/q2*-1;. The Labute approximate surface area is 163 Å². The third-order valence-electron chi connectivity index (χ3n) is 2.75. The van der Waals surface area contributed by atoms with E-state index in [1.165, 1.54) is 0 Å². The average molecular weight is 386 g/mol. The molecule has 0 saturated carbocycles. The van der Waals surface area contributed by atoms with Gasteiger partial charge in [0.1, 0.15) is 5.78 Å². The average Bonchev–Trinajstić information content (AvgIpc) is 2.26. The molecule has 1 unspecified atom stereocenters. The topological polar surface area (TPSA) is 46.2 Å². The van der Waals surface area contributed by atoms with Crippen molar-refractivity contribution >= 4 is 11.7 Å². The van der Waals surface area contributed by atoms with Crippen LogP contribution in [0.3, 0.4) is 0 Å². The summed E-state index contributed by atoms with van der Waals surface area (Å²) in [6.07, 6.45) is 2.10. The van der Waals surface area contributed by atoms with Gasteiger partial charge in [0.25, 0.3) is 0 Å². The van der Waals surface area contributed by atoms with Gasteiger partial charge in [-0.2, -0.15) is 6.42 Å². The Bertz CT molecular complexity index is 306. The Morgan fingerprint density at radius 3 is 1.82 bits per heavy atom. The molecule has 0 fully saturated rings. The predicted molar refractivity (Wildman–Crippen MR) is 90.7 cm³/mol. The van der Waals surface area contributed by atoms with E-state index in [-0.39, 0.29) is 61.1 Å². The zero-order valence-electron chi connectivity index (χ0n) is 15.7. The second-order valence-corrected chi connectivity index (χ2v) is 7.63. The summed E-state index contributed by atoms with van der Waals surface area (Å²) < 4.78 is 0. The molecule has 0 saturated heterocycles. The smallest absolute Gasteiger partial charge is 0.217 e. The normalized spacial score (nSPS) is 12.4. The van der Waals surface area contributed by atoms with Crippen molar-refractivity contribution in [3.05, 3.63) is 13.8 Å². The van der Waals surface area contributed by atoms with E-state index in [1.54, 1.807) is 0 Å². The Morgan fingerprint density at radius 2 is 1.55 bits per heavy atom. The van der Waals surface area contributed by atoms with Crippen LogP contribution in [0, 0.1) is 30.6 Å². The van der Waals surface area contributed by atoms with Gasteiger partial charge < -0.3 is 24.0 Å². The number of amides is 1. The van der Waals surface area contributed by atoms with E-state index < -0.39 is 0 Å². The molecule has 0 rings (SSSR count). The first kappa shape index (κ1) is 27.1. The van der Waals surface area contributed by atoms with E-state index in [4.69, 9.17) is 0 Å². The summed E-state index contributed by atoms with van der Waals surface area (Å²) in [6.45, 7) is 22.4. The summed E-state index contributed by atoms with van der Waals surface area (Å²) in [5, 5.41) is 2.67. The van der Waals surface area contributed by atoms with Crippen LogP contribution < -0.4 is 5.32 Å². The molecule has 0 spiro atoms. The van der Waals surface area contributed by atoms with Crippen molar-refractivity contribution in [2.45, 2.75) is 67.7 Å². The van der Waals surface area contributed by atoms with Crippen molar-refractivity contribution in [2.24, 2.45) is 16.7 Å². The van der Waals surface area contributed by atoms with Crippen LogP contribution in [0.15, 0.2) is 0 Å². The number of hydrogen-bond donors (Lipinski definition) is 1. The maximum absolute atomic E-state index is 11.8. The molecule has 3 nitrogen and oxygen atoms in total. The summed E-state index contributed by atoms with van der Waals surface area (Å²) in [5.41, 5.74) is -0.0645. The maximum atomic E-state index is 11.8. The number of hydrogen-bond acceptors (Lipinski definition) is 2. The molecule has 0 heterocycles. The minimum absolute atomic E-state index is 0. The van der Waals surface area contributed by atoms with E-state index in [0.717, 1.165) is 13.0 Å². The van der Waals surface area contributed by atoms with E-state index in [2.05, 4.69) is 39.9 Å². The van der Waals surface area contributed by atoms with Gasteiger partial charge in [0.05, 0.1) is 0 Å². The van der Waals surface area contributed by atoms with Crippen molar-refractivity contribution in [2.75, 3.05) is 6.54 Å². The van der Waals surface area contributed by atoms with Crippen molar-refractivity contribution in [1.29, 1.82) is 0 Å². The van der Waals surface area contributed by atoms with Crippen molar-refractivity contribution in [3.63, 3.8) is 0 Å². The van der Waals surface area contributed by atoms with Crippen molar-refractivity contribution in [3.8, 4) is 0 Å². The zero-order valence-corrected chi connectivity index (χ0v) is 18.6. The second-order valence-electron chi connectivity index (χ2n) is 7.63. The first-order valence-electron chi connectivity index (χ1n) is 7.78. The van der Waals surface area contributed by atoms with Crippen LogP contribution >= 0.6 is 0 Å². The minimum Gasteiger partial charge on any atom is -0.356 e. The Morgan fingerprint density at radius 1 is 1.09 bits per heavy atom. The van der Waals surface area contributed by atoms with Crippen molar-refractivity contribution < 1.29 is 42.3 Å². The summed E-state index contributed by atoms with van der Waals surface area (Å²) in [7, 11) is 0. The number of carbonyl (C=O) groups excluding carboxylic acids is 2. The van der Waals surface area contributed by atoms with Crippen LogP contribution in [0.4, 0.5) is 0 Å². The van der Waals surface area contributed by atoms with Gasteiger partial charge in [0.15, 0.2) is 0 Å². The van der Waals surface area contributed by atoms with Gasteiger partial charge in [-0.15, -0.1) is 5.92 Å². The third-order valence-corrected chi connectivity index (χ3v) is 2.75. The molecule has 22 heavy (non-hydrogen) atoms. The molecule has 0 aliphatic heterocycles. The Balaban J connectivity index is -0.000000348. The molecule has 1 radical (unpaired) electrons. The quantitative estimate of drug-likeness (QED) is 0.719. The van der Waals surface area contributed by atoms with Crippen LogP contribution in [0.25, 0.3) is 0 Å². The molecule has 0 aromatic heterocycles. The first-order valence-corrected chi connectivity index (χ1v) is 7.78. The predicted octanol–water partition coefficient (Wildman–Crippen LogP) is 4.22. The van der Waals surface area contributed by atoms with Crippen LogP contribution in [0.2, 0.25) is 0 Å². The largest absolute Gasteiger partial charge is 0.356 e. The van der Waals surface area contributed by atoms with Gasteiger partial charge in [-0.3, -0.25) is 4.79 Å². The van der Waals surface area contributed by atoms with Crippen LogP contribution in [-0.4, -0.2) is 18.2 Å². The molecule has 0 aromatic rings. The van der Waals surface area contributed by atoms with Gasteiger partial charge in [0.2, 0.25) is 5.91 Å². The Hall–Kier alpha value is 0.244. The van der Waals surface area contributed by atoms with Gasteiger partial charge in [-0.05, 0) is 18.8 Å². The SMILES string of the molecule is [CH2-]C(CC(C)(C)C)C(=O)C(C)(C)C.[CH2-]CCC(=O)NCC.[Y]. The fraction of sp³-hybridized carbons (Fsp3) is 0.778. The van der Waals surface area contributed by atoms with Gasteiger partial charge in [-0.1, -0.05) is 48.0 Å². The van der Waals surface area contributed by atoms with Crippen LogP contribution in [0.1, 0.15) is 67.7 Å². The van der Waals surface area contributed by atoms with E-state index >= 15 is 0 Å². The van der Waals surface area contributed by atoms with E-state index in [0.29, 0.717) is 12.8 Å². The van der Waals surface area contributed by atoms with Gasteiger partial charge in [0, 0.05) is 44.7 Å². The number of carbonyl (C=O) groups is 2. The minimum atomic E-state index is -0.252. The molecular formula is C18H35NO2Y-2. The molecule has 0 aliphatic carbocycles. The fourth-order valence-electron chi connectivity index (χ4n) is 1.89. The number of rotatable bonds is 5. The fourth-order valence-corrected chi connectivity index (χ4v) is 1.89. The summed E-state index contributed by atoms with van der Waals surface area (Å²) in [6, 6.07) is 0. The first-order chi connectivity index (χ1) is 9.35. The maximum Gasteiger partial charge on any atom is 0.217 e. The monoisotopic (exact) mass is 386 g/mol. The molecule has 1 N–H and O–H groups in total. The summed E-state index contributed by atoms with van der Waals surface area (Å²) >= 11 is 0. The van der Waals surface area contributed by atoms with Gasteiger partial charge in [-0.25, -0.2) is 0 Å². The number of ketones is 1. The Kier molecular flexibility index (Phi) is 15.6. The molecular weight excluding hydrogens is 351 g/mol. The molecule has 1 atom stereocenters. The number of nitrogens with one attached hydrogen (secondary N) is 1. The van der Waals surface area contributed by atoms with E-state index in [1.807, 2.05) is 27.7 Å². The molecule has 0 bridgehead atoms.